The molecule has 2 aromatic rings. The monoisotopic (exact) mass is 422 g/mol. The van der Waals surface area contributed by atoms with Gasteiger partial charge in [0.1, 0.15) is 5.82 Å². The van der Waals surface area contributed by atoms with E-state index in [4.69, 9.17) is 4.74 Å². The molecule has 1 saturated heterocycles. The van der Waals surface area contributed by atoms with Gasteiger partial charge >= 0.3 is 6.61 Å². The average molecular weight is 422 g/mol. The molecule has 160 valence electrons. The van der Waals surface area contributed by atoms with E-state index in [1.165, 1.54) is 38.3 Å². The Balaban J connectivity index is 1.68. The van der Waals surface area contributed by atoms with Crippen molar-refractivity contribution >= 4 is 17.4 Å². The minimum Gasteiger partial charge on any atom is -0.493 e. The van der Waals surface area contributed by atoms with Gasteiger partial charge in [0.15, 0.2) is 17.3 Å². The Morgan fingerprint density at radius 1 is 0.967 bits per heavy atom. The van der Waals surface area contributed by atoms with Crippen LogP contribution in [0, 0.1) is 5.82 Å². The summed E-state index contributed by atoms with van der Waals surface area (Å²) in [4.78, 5) is 27.6. The number of alkyl halides is 2. The van der Waals surface area contributed by atoms with Crippen molar-refractivity contribution in [3.05, 3.63) is 53.3 Å². The summed E-state index contributed by atoms with van der Waals surface area (Å²) in [5.74, 6) is -1.10. The molecule has 0 atom stereocenters. The number of rotatable bonds is 6. The van der Waals surface area contributed by atoms with Crippen molar-refractivity contribution in [3.63, 3.8) is 0 Å². The second kappa shape index (κ2) is 9.06. The Labute approximate surface area is 171 Å². The molecule has 1 fully saturated rings. The Morgan fingerprint density at radius 2 is 1.63 bits per heavy atom. The molecule has 30 heavy (non-hydrogen) atoms. The van der Waals surface area contributed by atoms with Crippen LogP contribution in [0.3, 0.4) is 0 Å². The number of halogens is 3. The SMILES string of the molecule is COc1cc(C(=O)N2CCN(c3ccc(C(C)=O)cc3F)CC2)ccc1OC(F)F. The van der Waals surface area contributed by atoms with Gasteiger partial charge in [-0.1, -0.05) is 0 Å². The second-order valence-corrected chi connectivity index (χ2v) is 6.75. The molecule has 0 bridgehead atoms. The van der Waals surface area contributed by atoms with Crippen LogP contribution in [0.25, 0.3) is 0 Å². The number of carbonyl (C=O) groups excluding carboxylic acids is 2. The van der Waals surface area contributed by atoms with Crippen molar-refractivity contribution in [2.24, 2.45) is 0 Å². The summed E-state index contributed by atoms with van der Waals surface area (Å²) in [6.45, 7) is -0.106. The molecule has 1 aliphatic rings. The van der Waals surface area contributed by atoms with E-state index in [1.807, 2.05) is 4.90 Å². The van der Waals surface area contributed by atoms with Gasteiger partial charge in [0.25, 0.3) is 5.91 Å². The maximum Gasteiger partial charge on any atom is 0.387 e. The lowest BCUT2D eigenvalue weighted by Gasteiger charge is -2.36. The third-order valence-electron chi connectivity index (χ3n) is 4.89. The average Bonchev–Trinajstić information content (AvgIpc) is 2.73. The van der Waals surface area contributed by atoms with E-state index < -0.39 is 12.4 Å². The first-order chi connectivity index (χ1) is 14.3. The van der Waals surface area contributed by atoms with Gasteiger partial charge in [-0.3, -0.25) is 9.59 Å². The molecule has 1 amide bonds. The van der Waals surface area contributed by atoms with Gasteiger partial charge in [-0.05, 0) is 43.3 Å². The largest absolute Gasteiger partial charge is 0.493 e. The molecule has 1 heterocycles. The predicted molar refractivity (Wildman–Crippen MR) is 104 cm³/mol. The zero-order chi connectivity index (χ0) is 21.8. The second-order valence-electron chi connectivity index (χ2n) is 6.75. The van der Waals surface area contributed by atoms with E-state index in [0.29, 0.717) is 37.4 Å². The molecular weight excluding hydrogens is 401 g/mol. The number of hydrogen-bond acceptors (Lipinski definition) is 5. The standard InChI is InChI=1S/C21H21F3N2O4/c1-13(27)14-3-5-17(16(22)11-14)25-7-9-26(10-8-25)20(28)15-4-6-18(30-21(23)24)19(12-15)29-2/h3-6,11-12,21H,7-10H2,1-2H3. The highest BCUT2D eigenvalue weighted by molar-refractivity contribution is 5.95. The molecule has 1 aliphatic heterocycles. The number of Topliss-reactive ketones (excluding diaryl/α,β-unsaturated/α-hetero) is 1. The molecule has 6 nitrogen and oxygen atoms in total. The van der Waals surface area contributed by atoms with Crippen LogP contribution in [0.5, 0.6) is 11.5 Å². The van der Waals surface area contributed by atoms with Crippen molar-refractivity contribution in [3.8, 4) is 11.5 Å². The van der Waals surface area contributed by atoms with E-state index in [2.05, 4.69) is 4.74 Å². The fourth-order valence-corrected chi connectivity index (χ4v) is 3.31. The summed E-state index contributed by atoms with van der Waals surface area (Å²) >= 11 is 0. The van der Waals surface area contributed by atoms with Crippen LogP contribution in [0.2, 0.25) is 0 Å². The van der Waals surface area contributed by atoms with Crippen molar-refractivity contribution in [1.82, 2.24) is 4.90 Å². The molecule has 3 rings (SSSR count). The van der Waals surface area contributed by atoms with E-state index in [1.54, 1.807) is 17.0 Å². The lowest BCUT2D eigenvalue weighted by Crippen LogP contribution is -2.49. The lowest BCUT2D eigenvalue weighted by atomic mass is 10.1. The number of nitrogens with zero attached hydrogens (tertiary/aromatic N) is 2. The third-order valence-corrected chi connectivity index (χ3v) is 4.89. The van der Waals surface area contributed by atoms with Gasteiger partial charge in [-0.15, -0.1) is 0 Å². The van der Waals surface area contributed by atoms with E-state index in [0.717, 1.165) is 0 Å². The first-order valence-electron chi connectivity index (χ1n) is 9.27. The van der Waals surface area contributed by atoms with Crippen LogP contribution in [-0.4, -0.2) is 56.5 Å². The van der Waals surface area contributed by atoms with Crippen molar-refractivity contribution in [2.45, 2.75) is 13.5 Å². The molecule has 0 spiro atoms. The number of hydrogen-bond donors (Lipinski definition) is 0. The summed E-state index contributed by atoms with van der Waals surface area (Å²) < 4.78 is 48.7. The zero-order valence-electron chi connectivity index (χ0n) is 16.5. The van der Waals surface area contributed by atoms with Crippen LogP contribution >= 0.6 is 0 Å². The molecule has 0 aromatic heterocycles. The number of benzene rings is 2. The normalized spacial score (nSPS) is 14.1. The molecule has 0 N–H and O–H groups in total. The first kappa shape index (κ1) is 21.5. The van der Waals surface area contributed by atoms with E-state index >= 15 is 0 Å². The Bertz CT molecular complexity index is 944. The highest BCUT2D eigenvalue weighted by atomic mass is 19.3. The topological polar surface area (TPSA) is 59.1 Å². The number of ketones is 1. The van der Waals surface area contributed by atoms with Crippen LogP contribution in [0.1, 0.15) is 27.6 Å². The van der Waals surface area contributed by atoms with Gasteiger partial charge in [-0.25, -0.2) is 4.39 Å². The minimum absolute atomic E-state index is 0.0346. The fourth-order valence-electron chi connectivity index (χ4n) is 3.31. The van der Waals surface area contributed by atoms with Gasteiger partial charge in [-0.2, -0.15) is 8.78 Å². The Hall–Kier alpha value is -3.23. The smallest absolute Gasteiger partial charge is 0.387 e. The van der Waals surface area contributed by atoms with Crippen molar-refractivity contribution in [2.75, 3.05) is 38.2 Å². The Kier molecular flexibility index (Phi) is 6.49. The van der Waals surface area contributed by atoms with Crippen LogP contribution in [0.4, 0.5) is 18.9 Å². The zero-order valence-corrected chi connectivity index (χ0v) is 16.5. The summed E-state index contributed by atoms with van der Waals surface area (Å²) in [5.41, 5.74) is 0.958. The van der Waals surface area contributed by atoms with E-state index in [9.17, 15) is 22.8 Å². The molecule has 0 aliphatic carbocycles. The van der Waals surface area contributed by atoms with Crippen LogP contribution in [0.15, 0.2) is 36.4 Å². The highest BCUT2D eigenvalue weighted by Crippen LogP contribution is 2.30. The van der Waals surface area contributed by atoms with Crippen molar-refractivity contribution < 1.29 is 32.2 Å². The number of methoxy groups -OCH3 is 1. The molecular formula is C21H21F3N2O4. The number of anilines is 1. The minimum atomic E-state index is -3.00. The van der Waals surface area contributed by atoms with Gasteiger partial charge in [0.05, 0.1) is 12.8 Å². The number of ether oxygens (including phenoxy) is 2. The predicted octanol–water partition coefficient (Wildman–Crippen LogP) is 3.60. The van der Waals surface area contributed by atoms with Crippen molar-refractivity contribution in [1.29, 1.82) is 0 Å². The number of carbonyl (C=O) groups is 2. The molecule has 0 unspecified atom stereocenters. The lowest BCUT2D eigenvalue weighted by molar-refractivity contribution is -0.0512. The van der Waals surface area contributed by atoms with E-state index in [-0.39, 0.29) is 28.8 Å². The number of amides is 1. The molecule has 9 heteroatoms. The highest BCUT2D eigenvalue weighted by Gasteiger charge is 2.25. The van der Waals surface area contributed by atoms with Gasteiger partial charge in [0, 0.05) is 37.3 Å². The van der Waals surface area contributed by atoms with Crippen LogP contribution < -0.4 is 14.4 Å². The first-order valence-corrected chi connectivity index (χ1v) is 9.27. The fraction of sp³-hybridized carbons (Fsp3) is 0.333. The summed E-state index contributed by atoms with van der Waals surface area (Å²) in [6.07, 6.45) is 0. The third kappa shape index (κ3) is 4.67. The van der Waals surface area contributed by atoms with Crippen LogP contribution in [-0.2, 0) is 0 Å². The molecule has 2 aromatic carbocycles. The quantitative estimate of drug-likeness (QED) is 0.666. The molecule has 0 radical (unpaired) electrons. The maximum absolute atomic E-state index is 14.4. The van der Waals surface area contributed by atoms with Gasteiger partial charge < -0.3 is 19.3 Å². The Morgan fingerprint density at radius 3 is 2.20 bits per heavy atom. The number of piperazine rings is 1. The summed E-state index contributed by atoms with van der Waals surface area (Å²) in [5, 5.41) is 0. The summed E-state index contributed by atoms with van der Waals surface area (Å²) in [6, 6.07) is 8.37. The van der Waals surface area contributed by atoms with Gasteiger partial charge in [0.2, 0.25) is 0 Å². The summed E-state index contributed by atoms with van der Waals surface area (Å²) in [7, 11) is 1.30. The maximum atomic E-state index is 14.4. The molecule has 0 saturated carbocycles.